The number of nitrogens with zero attached hydrogens (tertiary/aromatic N) is 2. The standard InChI is InChI=1S/C12H21N3S/c1-4-11-13-14-12(16)15(11)10-6-5-8(2)9(3)7-10/h8-10H,4-7H2,1-3H3,(H,14,16). The van der Waals surface area contributed by atoms with Crippen molar-refractivity contribution in [3.63, 3.8) is 0 Å². The normalized spacial score (nSPS) is 30.6. The molecule has 0 saturated heterocycles. The van der Waals surface area contributed by atoms with Gasteiger partial charge in [0, 0.05) is 12.5 Å². The highest BCUT2D eigenvalue weighted by atomic mass is 32.1. The molecule has 3 nitrogen and oxygen atoms in total. The largest absolute Gasteiger partial charge is 0.301 e. The first-order valence-corrected chi connectivity index (χ1v) is 6.70. The number of hydrogen-bond donors (Lipinski definition) is 1. The highest BCUT2D eigenvalue weighted by Crippen LogP contribution is 2.36. The Labute approximate surface area is 102 Å². The number of aromatic amines is 1. The fourth-order valence-corrected chi connectivity index (χ4v) is 3.02. The van der Waals surface area contributed by atoms with Crippen molar-refractivity contribution >= 4 is 12.2 Å². The van der Waals surface area contributed by atoms with Crippen LogP contribution in [0.5, 0.6) is 0 Å². The van der Waals surface area contributed by atoms with E-state index in [4.69, 9.17) is 12.2 Å². The number of aromatic nitrogens is 3. The summed E-state index contributed by atoms with van der Waals surface area (Å²) in [7, 11) is 0. The minimum atomic E-state index is 0.562. The van der Waals surface area contributed by atoms with Gasteiger partial charge in [0.1, 0.15) is 5.82 Å². The predicted octanol–water partition coefficient (Wildman–Crippen LogP) is 3.50. The predicted molar refractivity (Wildman–Crippen MR) is 68.0 cm³/mol. The zero-order valence-electron chi connectivity index (χ0n) is 10.4. The van der Waals surface area contributed by atoms with Crippen molar-refractivity contribution < 1.29 is 0 Å². The van der Waals surface area contributed by atoms with Gasteiger partial charge in [0.15, 0.2) is 4.77 Å². The van der Waals surface area contributed by atoms with Crippen LogP contribution in [0.3, 0.4) is 0 Å². The van der Waals surface area contributed by atoms with Crippen LogP contribution in [0.4, 0.5) is 0 Å². The average Bonchev–Trinajstić information content (AvgIpc) is 2.64. The van der Waals surface area contributed by atoms with Crippen LogP contribution in [-0.4, -0.2) is 14.8 Å². The summed E-state index contributed by atoms with van der Waals surface area (Å²) in [5, 5.41) is 7.23. The van der Waals surface area contributed by atoms with Gasteiger partial charge in [-0.15, -0.1) is 0 Å². The topological polar surface area (TPSA) is 33.6 Å². The molecule has 0 aliphatic heterocycles. The van der Waals surface area contributed by atoms with Gasteiger partial charge in [-0.2, -0.15) is 5.10 Å². The Morgan fingerprint density at radius 3 is 2.75 bits per heavy atom. The zero-order valence-corrected chi connectivity index (χ0v) is 11.2. The molecule has 1 fully saturated rings. The molecule has 1 aliphatic carbocycles. The molecule has 3 unspecified atom stereocenters. The minimum Gasteiger partial charge on any atom is -0.301 e. The summed E-state index contributed by atoms with van der Waals surface area (Å²) in [6.45, 7) is 6.85. The van der Waals surface area contributed by atoms with Gasteiger partial charge in [0.05, 0.1) is 0 Å². The molecule has 0 amide bonds. The van der Waals surface area contributed by atoms with Crippen LogP contribution in [0.2, 0.25) is 0 Å². The van der Waals surface area contributed by atoms with Crippen molar-refractivity contribution in [3.8, 4) is 0 Å². The van der Waals surface area contributed by atoms with Crippen molar-refractivity contribution in [2.75, 3.05) is 0 Å². The molecule has 3 atom stereocenters. The summed E-state index contributed by atoms with van der Waals surface area (Å²) in [6.07, 6.45) is 4.74. The lowest BCUT2D eigenvalue weighted by Gasteiger charge is -2.33. The van der Waals surface area contributed by atoms with E-state index in [0.717, 1.165) is 28.9 Å². The summed E-state index contributed by atoms with van der Waals surface area (Å²) in [5.74, 6) is 2.75. The fourth-order valence-electron chi connectivity index (χ4n) is 2.72. The maximum Gasteiger partial charge on any atom is 0.195 e. The number of aryl methyl sites for hydroxylation is 1. The van der Waals surface area contributed by atoms with Gasteiger partial charge >= 0.3 is 0 Å². The van der Waals surface area contributed by atoms with E-state index in [0.29, 0.717) is 6.04 Å². The third kappa shape index (κ3) is 2.08. The Bertz CT molecular complexity index is 407. The number of hydrogen-bond acceptors (Lipinski definition) is 2. The van der Waals surface area contributed by atoms with Gasteiger partial charge in [-0.3, -0.25) is 5.10 Å². The van der Waals surface area contributed by atoms with Gasteiger partial charge in [0.2, 0.25) is 0 Å². The summed E-state index contributed by atoms with van der Waals surface area (Å²) in [6, 6.07) is 0.562. The molecule has 0 aromatic carbocycles. The molecule has 90 valence electrons. The van der Waals surface area contributed by atoms with Crippen LogP contribution in [0.25, 0.3) is 0 Å². The van der Waals surface area contributed by atoms with Crippen molar-refractivity contribution in [1.29, 1.82) is 0 Å². The molecule has 0 bridgehead atoms. The van der Waals surface area contributed by atoms with Crippen LogP contribution in [-0.2, 0) is 6.42 Å². The van der Waals surface area contributed by atoms with E-state index in [1.165, 1.54) is 19.3 Å². The highest BCUT2D eigenvalue weighted by molar-refractivity contribution is 7.71. The van der Waals surface area contributed by atoms with E-state index in [9.17, 15) is 0 Å². The number of rotatable bonds is 2. The van der Waals surface area contributed by atoms with Gasteiger partial charge in [-0.05, 0) is 43.3 Å². The molecular weight excluding hydrogens is 218 g/mol. The molecule has 1 aromatic rings. The highest BCUT2D eigenvalue weighted by Gasteiger charge is 2.27. The quantitative estimate of drug-likeness (QED) is 0.801. The zero-order chi connectivity index (χ0) is 11.7. The van der Waals surface area contributed by atoms with Crippen molar-refractivity contribution in [1.82, 2.24) is 14.8 Å². The Balaban J connectivity index is 2.24. The molecule has 1 heterocycles. The van der Waals surface area contributed by atoms with E-state index in [1.807, 2.05) is 0 Å². The first kappa shape index (κ1) is 11.8. The molecular formula is C12H21N3S. The summed E-state index contributed by atoms with van der Waals surface area (Å²) >= 11 is 5.33. The van der Waals surface area contributed by atoms with E-state index in [1.54, 1.807) is 0 Å². The fraction of sp³-hybridized carbons (Fsp3) is 0.833. The first-order valence-electron chi connectivity index (χ1n) is 6.29. The lowest BCUT2D eigenvalue weighted by atomic mass is 9.79. The second kappa shape index (κ2) is 4.70. The summed E-state index contributed by atoms with van der Waals surface area (Å²) < 4.78 is 3.04. The monoisotopic (exact) mass is 239 g/mol. The molecule has 1 N–H and O–H groups in total. The van der Waals surface area contributed by atoms with Crippen LogP contribution in [0.15, 0.2) is 0 Å². The lowest BCUT2D eigenvalue weighted by molar-refractivity contribution is 0.207. The SMILES string of the molecule is CCc1n[nH]c(=S)n1C1CCC(C)C(C)C1. The van der Waals surface area contributed by atoms with E-state index in [2.05, 4.69) is 35.5 Å². The lowest BCUT2D eigenvalue weighted by Crippen LogP contribution is -2.24. The second-order valence-corrected chi connectivity index (χ2v) is 5.48. The van der Waals surface area contributed by atoms with Crippen LogP contribution in [0, 0.1) is 16.6 Å². The van der Waals surface area contributed by atoms with Crippen molar-refractivity contribution in [3.05, 3.63) is 10.6 Å². The Morgan fingerprint density at radius 1 is 1.38 bits per heavy atom. The molecule has 1 aliphatic rings. The van der Waals surface area contributed by atoms with E-state index < -0.39 is 0 Å². The Morgan fingerprint density at radius 2 is 2.12 bits per heavy atom. The van der Waals surface area contributed by atoms with Gasteiger partial charge in [-0.1, -0.05) is 20.8 Å². The van der Waals surface area contributed by atoms with Crippen LogP contribution in [0.1, 0.15) is 51.9 Å². The maximum absolute atomic E-state index is 5.33. The van der Waals surface area contributed by atoms with Crippen LogP contribution < -0.4 is 0 Å². The second-order valence-electron chi connectivity index (χ2n) is 5.09. The number of H-pyrrole nitrogens is 1. The molecule has 1 saturated carbocycles. The van der Waals surface area contributed by atoms with E-state index in [-0.39, 0.29) is 0 Å². The van der Waals surface area contributed by atoms with Gasteiger partial charge < -0.3 is 4.57 Å². The Kier molecular flexibility index (Phi) is 3.47. The van der Waals surface area contributed by atoms with Crippen molar-refractivity contribution in [2.45, 2.75) is 52.5 Å². The molecule has 2 rings (SSSR count). The van der Waals surface area contributed by atoms with Crippen molar-refractivity contribution in [2.24, 2.45) is 11.8 Å². The molecule has 4 heteroatoms. The first-order chi connectivity index (χ1) is 7.63. The molecule has 1 aromatic heterocycles. The molecule has 0 spiro atoms. The van der Waals surface area contributed by atoms with E-state index >= 15 is 0 Å². The third-order valence-corrected chi connectivity index (χ3v) is 4.32. The number of nitrogens with one attached hydrogen (secondary N) is 1. The summed E-state index contributed by atoms with van der Waals surface area (Å²) in [4.78, 5) is 0. The average molecular weight is 239 g/mol. The minimum absolute atomic E-state index is 0.562. The molecule has 16 heavy (non-hydrogen) atoms. The van der Waals surface area contributed by atoms with Gasteiger partial charge in [0.25, 0.3) is 0 Å². The van der Waals surface area contributed by atoms with Gasteiger partial charge in [-0.25, -0.2) is 0 Å². The Hall–Kier alpha value is -0.640. The summed E-state index contributed by atoms with van der Waals surface area (Å²) in [5.41, 5.74) is 0. The molecule has 0 radical (unpaired) electrons. The smallest absolute Gasteiger partial charge is 0.195 e. The third-order valence-electron chi connectivity index (χ3n) is 4.03. The van der Waals surface area contributed by atoms with Crippen LogP contribution >= 0.6 is 12.2 Å². The maximum atomic E-state index is 5.33.